The molecular weight excluding hydrogens is 256 g/mol. The first-order valence-electron chi connectivity index (χ1n) is 5.50. The highest BCUT2D eigenvalue weighted by Crippen LogP contribution is 2.08. The van der Waals surface area contributed by atoms with Crippen molar-refractivity contribution in [1.82, 2.24) is 20.3 Å². The van der Waals surface area contributed by atoms with Crippen LogP contribution >= 0.6 is 11.8 Å². The fourth-order valence-corrected chi connectivity index (χ4v) is 2.14. The largest absolute Gasteiger partial charge is 0.476 e. The molecule has 0 fully saturated rings. The summed E-state index contributed by atoms with van der Waals surface area (Å²) in [5.74, 6) is -0.427. The molecule has 1 heterocycles. The highest BCUT2D eigenvalue weighted by molar-refractivity contribution is 7.98. The molecule has 0 bridgehead atoms. The molecule has 0 aliphatic carbocycles. The average molecular weight is 274 g/mol. The molecule has 7 nitrogen and oxygen atoms in total. The van der Waals surface area contributed by atoms with Gasteiger partial charge in [0.15, 0.2) is 5.69 Å². The number of aromatic nitrogens is 3. The van der Waals surface area contributed by atoms with Crippen LogP contribution in [0.25, 0.3) is 0 Å². The van der Waals surface area contributed by atoms with Crippen molar-refractivity contribution in [1.29, 1.82) is 0 Å². The Balaban J connectivity index is 2.27. The third-order valence-electron chi connectivity index (χ3n) is 2.24. The number of aromatic carboxylic acids is 1. The van der Waals surface area contributed by atoms with Gasteiger partial charge in [0, 0.05) is 18.8 Å². The van der Waals surface area contributed by atoms with Gasteiger partial charge in [-0.1, -0.05) is 5.21 Å². The minimum Gasteiger partial charge on any atom is -0.476 e. The van der Waals surface area contributed by atoms with Crippen LogP contribution in [0, 0.1) is 0 Å². The Bertz CT molecular complexity index is 394. The number of nitrogens with zero attached hydrogens (tertiary/aromatic N) is 3. The van der Waals surface area contributed by atoms with Crippen molar-refractivity contribution < 1.29 is 15.0 Å². The smallest absolute Gasteiger partial charge is 0.358 e. The van der Waals surface area contributed by atoms with E-state index in [1.165, 1.54) is 10.9 Å². The van der Waals surface area contributed by atoms with Crippen molar-refractivity contribution in [3.63, 3.8) is 0 Å². The van der Waals surface area contributed by atoms with Gasteiger partial charge in [-0.15, -0.1) is 5.10 Å². The predicted octanol–water partition coefficient (Wildman–Crippen LogP) is -0.320. The number of carboxylic acid groups (broad SMARTS) is 1. The first-order chi connectivity index (χ1) is 8.44. The van der Waals surface area contributed by atoms with Gasteiger partial charge in [0.25, 0.3) is 0 Å². The zero-order chi connectivity index (χ0) is 13.6. The van der Waals surface area contributed by atoms with E-state index in [0.29, 0.717) is 25.4 Å². The van der Waals surface area contributed by atoms with E-state index in [9.17, 15) is 9.90 Å². The van der Waals surface area contributed by atoms with Gasteiger partial charge < -0.3 is 15.5 Å². The second-order valence-electron chi connectivity index (χ2n) is 4.28. The van der Waals surface area contributed by atoms with E-state index in [2.05, 4.69) is 15.6 Å². The second kappa shape index (κ2) is 6.72. The summed E-state index contributed by atoms with van der Waals surface area (Å²) in [6, 6.07) is 0. The van der Waals surface area contributed by atoms with Crippen LogP contribution in [0.5, 0.6) is 0 Å². The number of carbonyl (C=O) groups is 1. The van der Waals surface area contributed by atoms with Crippen molar-refractivity contribution in [2.24, 2.45) is 0 Å². The Labute approximate surface area is 110 Å². The Morgan fingerprint density at radius 2 is 2.39 bits per heavy atom. The highest BCUT2D eigenvalue weighted by atomic mass is 32.2. The van der Waals surface area contributed by atoms with E-state index in [4.69, 9.17) is 5.11 Å². The lowest BCUT2D eigenvalue weighted by molar-refractivity contribution is 0.0690. The molecule has 0 saturated heterocycles. The van der Waals surface area contributed by atoms with Crippen LogP contribution in [0.1, 0.15) is 17.4 Å². The van der Waals surface area contributed by atoms with E-state index in [1.807, 2.05) is 6.26 Å². The maximum absolute atomic E-state index is 10.6. The molecule has 1 aromatic heterocycles. The van der Waals surface area contributed by atoms with Crippen molar-refractivity contribution in [3.05, 3.63) is 11.9 Å². The summed E-state index contributed by atoms with van der Waals surface area (Å²) in [6.45, 7) is 3.35. The molecule has 1 aromatic rings. The summed E-state index contributed by atoms with van der Waals surface area (Å²) >= 11 is 1.59. The first-order valence-corrected chi connectivity index (χ1v) is 6.89. The molecule has 0 amide bonds. The van der Waals surface area contributed by atoms with Crippen LogP contribution in [-0.2, 0) is 6.54 Å². The van der Waals surface area contributed by atoms with E-state index in [0.717, 1.165) is 0 Å². The van der Waals surface area contributed by atoms with Crippen LogP contribution in [-0.4, -0.2) is 61.9 Å². The number of aliphatic hydroxyl groups is 1. The highest BCUT2D eigenvalue weighted by Gasteiger charge is 2.18. The zero-order valence-corrected chi connectivity index (χ0v) is 11.3. The van der Waals surface area contributed by atoms with Crippen molar-refractivity contribution in [2.45, 2.75) is 19.1 Å². The summed E-state index contributed by atoms with van der Waals surface area (Å²) in [6.07, 6.45) is 3.32. The molecule has 0 spiro atoms. The maximum atomic E-state index is 10.6. The van der Waals surface area contributed by atoms with Crippen LogP contribution in [0.2, 0.25) is 0 Å². The second-order valence-corrected chi connectivity index (χ2v) is 5.14. The standard InChI is InChI=1S/C10H18N4O3S/c1-10(17,7-18-2)6-11-3-4-14-5-8(9(15)16)12-13-14/h5,11,17H,3-4,6-7H2,1-2H3,(H,15,16). The van der Waals surface area contributed by atoms with Gasteiger partial charge in [0.2, 0.25) is 0 Å². The number of hydrogen-bond acceptors (Lipinski definition) is 6. The van der Waals surface area contributed by atoms with Gasteiger partial charge in [-0.3, -0.25) is 4.68 Å². The van der Waals surface area contributed by atoms with Gasteiger partial charge in [-0.25, -0.2) is 4.79 Å². The van der Waals surface area contributed by atoms with Gasteiger partial charge in [-0.05, 0) is 13.2 Å². The fraction of sp³-hybridized carbons (Fsp3) is 0.700. The van der Waals surface area contributed by atoms with E-state index in [1.54, 1.807) is 18.7 Å². The lowest BCUT2D eigenvalue weighted by Crippen LogP contribution is -2.41. The molecule has 0 saturated carbocycles. The Hall–Kier alpha value is -1.12. The first kappa shape index (κ1) is 14.9. The van der Waals surface area contributed by atoms with Crippen molar-refractivity contribution >= 4 is 17.7 Å². The zero-order valence-electron chi connectivity index (χ0n) is 10.5. The van der Waals surface area contributed by atoms with Crippen molar-refractivity contribution in [2.75, 3.05) is 25.1 Å². The minimum atomic E-state index is -1.09. The average Bonchev–Trinajstić information content (AvgIpc) is 2.73. The Morgan fingerprint density at radius 3 is 2.94 bits per heavy atom. The third kappa shape index (κ3) is 5.03. The Kier molecular flexibility index (Phi) is 5.57. The summed E-state index contributed by atoms with van der Waals surface area (Å²) in [5.41, 5.74) is -0.807. The summed E-state index contributed by atoms with van der Waals surface area (Å²) in [4.78, 5) is 10.6. The van der Waals surface area contributed by atoms with E-state index in [-0.39, 0.29) is 5.69 Å². The molecule has 1 rings (SSSR count). The predicted molar refractivity (Wildman–Crippen MR) is 68.9 cm³/mol. The number of carboxylic acids is 1. The molecule has 8 heteroatoms. The van der Waals surface area contributed by atoms with Crippen LogP contribution in [0.15, 0.2) is 6.20 Å². The van der Waals surface area contributed by atoms with Gasteiger partial charge in [0.1, 0.15) is 0 Å². The van der Waals surface area contributed by atoms with Gasteiger partial charge in [0.05, 0.1) is 18.3 Å². The van der Waals surface area contributed by atoms with Crippen LogP contribution in [0.3, 0.4) is 0 Å². The van der Waals surface area contributed by atoms with Gasteiger partial charge >= 0.3 is 5.97 Å². The molecule has 1 atom stereocenters. The molecule has 0 radical (unpaired) electrons. The summed E-state index contributed by atoms with van der Waals surface area (Å²) in [7, 11) is 0. The lowest BCUT2D eigenvalue weighted by Gasteiger charge is -2.22. The number of thioether (sulfide) groups is 1. The quantitative estimate of drug-likeness (QED) is 0.558. The van der Waals surface area contributed by atoms with Crippen LogP contribution < -0.4 is 5.32 Å². The molecule has 102 valence electrons. The molecule has 18 heavy (non-hydrogen) atoms. The lowest BCUT2D eigenvalue weighted by atomic mass is 10.1. The number of rotatable bonds is 8. The molecule has 1 unspecified atom stereocenters. The molecule has 0 aliphatic heterocycles. The third-order valence-corrected chi connectivity index (χ3v) is 3.15. The van der Waals surface area contributed by atoms with Gasteiger partial charge in [-0.2, -0.15) is 11.8 Å². The molecule has 3 N–H and O–H groups in total. The van der Waals surface area contributed by atoms with E-state index < -0.39 is 11.6 Å². The van der Waals surface area contributed by atoms with Crippen LogP contribution in [0.4, 0.5) is 0 Å². The monoisotopic (exact) mass is 274 g/mol. The normalized spacial score (nSPS) is 14.4. The topological polar surface area (TPSA) is 100 Å². The number of nitrogens with one attached hydrogen (secondary N) is 1. The fourth-order valence-electron chi connectivity index (χ4n) is 1.42. The minimum absolute atomic E-state index is 0.0654. The summed E-state index contributed by atoms with van der Waals surface area (Å²) < 4.78 is 1.46. The molecular formula is C10H18N4O3S. The molecule has 0 aliphatic rings. The summed E-state index contributed by atoms with van der Waals surface area (Å²) in [5, 5.41) is 28.9. The van der Waals surface area contributed by atoms with E-state index >= 15 is 0 Å². The molecule has 0 aromatic carbocycles. The Morgan fingerprint density at radius 1 is 1.67 bits per heavy atom. The van der Waals surface area contributed by atoms with Crippen molar-refractivity contribution in [3.8, 4) is 0 Å². The SMILES string of the molecule is CSCC(C)(O)CNCCn1cc(C(=O)O)nn1. The maximum Gasteiger partial charge on any atom is 0.358 e. The number of hydrogen-bond donors (Lipinski definition) is 3.